The van der Waals surface area contributed by atoms with Crippen molar-refractivity contribution < 1.29 is 4.79 Å². The number of rotatable bonds is 3. The second-order valence-electron chi connectivity index (χ2n) is 6.09. The molecule has 1 aromatic carbocycles. The predicted octanol–water partition coefficient (Wildman–Crippen LogP) is 3.88. The molecule has 2 aromatic heterocycles. The summed E-state index contributed by atoms with van der Waals surface area (Å²) in [5, 5.41) is 8.17. The van der Waals surface area contributed by atoms with Gasteiger partial charge in [-0.3, -0.25) is 4.79 Å². The number of aryl methyl sites for hydroxylation is 2. The first kappa shape index (κ1) is 15.2. The van der Waals surface area contributed by atoms with Crippen LogP contribution in [-0.2, 0) is 0 Å². The third-order valence-electron chi connectivity index (χ3n) is 3.82. The molecule has 0 unspecified atom stereocenters. The quantitative estimate of drug-likeness (QED) is 0.798. The zero-order valence-corrected chi connectivity index (χ0v) is 13.8. The summed E-state index contributed by atoms with van der Waals surface area (Å²) in [6.07, 6.45) is 3.45. The number of hydrogen-bond acceptors (Lipinski definition) is 3. The van der Waals surface area contributed by atoms with Gasteiger partial charge < -0.3 is 5.32 Å². The van der Waals surface area contributed by atoms with Gasteiger partial charge in [0, 0.05) is 17.0 Å². The molecule has 0 aliphatic rings. The van der Waals surface area contributed by atoms with Crippen molar-refractivity contribution in [2.75, 3.05) is 5.32 Å². The van der Waals surface area contributed by atoms with Gasteiger partial charge in [-0.2, -0.15) is 5.10 Å². The third kappa shape index (κ3) is 2.95. The van der Waals surface area contributed by atoms with Crippen LogP contribution in [0.2, 0.25) is 0 Å². The minimum absolute atomic E-state index is 0.122. The number of carbonyl (C=O) groups is 1. The Kier molecular flexibility index (Phi) is 3.86. The molecule has 0 fully saturated rings. The average Bonchev–Trinajstić information content (AvgIpc) is 2.93. The van der Waals surface area contributed by atoms with E-state index in [0.29, 0.717) is 11.3 Å². The minimum atomic E-state index is -0.122. The Morgan fingerprint density at radius 2 is 1.96 bits per heavy atom. The number of nitrogens with zero attached hydrogens (tertiary/aromatic N) is 3. The number of nitrogens with one attached hydrogen (secondary N) is 1. The first-order chi connectivity index (χ1) is 11.0. The summed E-state index contributed by atoms with van der Waals surface area (Å²) < 4.78 is 1.87. The molecule has 0 spiro atoms. The monoisotopic (exact) mass is 308 g/mol. The van der Waals surface area contributed by atoms with Gasteiger partial charge in [0.15, 0.2) is 5.65 Å². The molecule has 5 heteroatoms. The van der Waals surface area contributed by atoms with Crippen molar-refractivity contribution in [3.05, 3.63) is 53.3 Å². The molecule has 2 heterocycles. The molecular formula is C18H20N4O. The normalized spacial score (nSPS) is 11.2. The Hall–Kier alpha value is -2.69. The molecule has 1 N–H and O–H groups in total. The second-order valence-corrected chi connectivity index (χ2v) is 6.09. The Bertz CT molecular complexity index is 880. The van der Waals surface area contributed by atoms with E-state index in [4.69, 9.17) is 0 Å². The highest BCUT2D eigenvalue weighted by molar-refractivity contribution is 6.05. The molecule has 118 valence electrons. The molecule has 3 rings (SSSR count). The van der Waals surface area contributed by atoms with Crippen LogP contribution >= 0.6 is 0 Å². The molecular weight excluding hydrogens is 288 g/mol. The lowest BCUT2D eigenvalue weighted by Crippen LogP contribution is -2.14. The first-order valence-corrected chi connectivity index (χ1v) is 7.67. The second kappa shape index (κ2) is 5.83. The van der Waals surface area contributed by atoms with E-state index in [0.717, 1.165) is 22.2 Å². The van der Waals surface area contributed by atoms with E-state index in [1.807, 2.05) is 42.8 Å². The maximum atomic E-state index is 12.5. The molecule has 0 aliphatic carbocycles. The largest absolute Gasteiger partial charge is 0.321 e. The maximum Gasteiger partial charge on any atom is 0.255 e. The maximum absolute atomic E-state index is 12.5. The molecule has 5 nitrogen and oxygen atoms in total. The van der Waals surface area contributed by atoms with Crippen LogP contribution in [-0.4, -0.2) is 20.7 Å². The molecule has 0 bridgehead atoms. The summed E-state index contributed by atoms with van der Waals surface area (Å²) in [6.45, 7) is 8.03. The van der Waals surface area contributed by atoms with Crippen molar-refractivity contribution >= 4 is 22.6 Å². The number of amides is 1. The first-order valence-electron chi connectivity index (χ1n) is 7.67. The van der Waals surface area contributed by atoms with Gasteiger partial charge in [-0.15, -0.1) is 0 Å². The highest BCUT2D eigenvalue weighted by atomic mass is 16.1. The highest BCUT2D eigenvalue weighted by Crippen LogP contribution is 2.20. The van der Waals surface area contributed by atoms with Crippen LogP contribution in [0.4, 0.5) is 5.69 Å². The number of benzene rings is 1. The lowest BCUT2D eigenvalue weighted by molar-refractivity contribution is 0.102. The molecule has 3 aromatic rings. The molecule has 0 aliphatic heterocycles. The Morgan fingerprint density at radius 1 is 1.17 bits per heavy atom. The Labute approximate surface area is 135 Å². The third-order valence-corrected chi connectivity index (χ3v) is 3.82. The van der Waals surface area contributed by atoms with Crippen LogP contribution in [0, 0.1) is 13.8 Å². The lowest BCUT2D eigenvalue weighted by atomic mass is 10.1. The number of carbonyl (C=O) groups excluding carboxylic acids is 1. The van der Waals surface area contributed by atoms with Crippen molar-refractivity contribution in [3.8, 4) is 0 Å². The van der Waals surface area contributed by atoms with E-state index < -0.39 is 0 Å². The summed E-state index contributed by atoms with van der Waals surface area (Å²) in [5.41, 5.74) is 4.20. The summed E-state index contributed by atoms with van der Waals surface area (Å²) >= 11 is 0. The molecule has 0 radical (unpaired) electrons. The van der Waals surface area contributed by atoms with E-state index in [1.54, 1.807) is 12.4 Å². The lowest BCUT2D eigenvalue weighted by Gasteiger charge is -2.09. The van der Waals surface area contributed by atoms with Gasteiger partial charge in [0.25, 0.3) is 5.91 Å². The van der Waals surface area contributed by atoms with Crippen LogP contribution < -0.4 is 5.32 Å². The minimum Gasteiger partial charge on any atom is -0.321 e. The SMILES string of the molecule is Cc1ccc(C)c(C(=O)Nc2cnc3c(cnn3C(C)C)c2)c1. The molecule has 1 amide bonds. The summed E-state index contributed by atoms with van der Waals surface area (Å²) in [6, 6.07) is 8.00. The number of fused-ring (bicyclic) bond motifs is 1. The van der Waals surface area contributed by atoms with Crippen molar-refractivity contribution in [1.29, 1.82) is 0 Å². The molecule has 0 saturated heterocycles. The van der Waals surface area contributed by atoms with Crippen LogP contribution in [0.1, 0.15) is 41.4 Å². The van der Waals surface area contributed by atoms with Crippen molar-refractivity contribution in [2.45, 2.75) is 33.7 Å². The average molecular weight is 308 g/mol. The Balaban J connectivity index is 1.89. The van der Waals surface area contributed by atoms with Crippen molar-refractivity contribution in [1.82, 2.24) is 14.8 Å². The molecule has 0 saturated carbocycles. The summed E-state index contributed by atoms with van der Waals surface area (Å²) in [4.78, 5) is 16.9. The Morgan fingerprint density at radius 3 is 2.70 bits per heavy atom. The standard InChI is InChI=1S/C18H20N4O/c1-11(2)22-17-14(9-20-22)8-15(10-19-17)21-18(23)16-7-12(3)5-6-13(16)4/h5-11H,1-4H3,(H,21,23). The number of pyridine rings is 1. The van der Waals surface area contributed by atoms with Gasteiger partial charge in [-0.25, -0.2) is 9.67 Å². The fourth-order valence-electron chi connectivity index (χ4n) is 2.57. The van der Waals surface area contributed by atoms with E-state index in [2.05, 4.69) is 29.2 Å². The zero-order chi connectivity index (χ0) is 16.6. The van der Waals surface area contributed by atoms with Gasteiger partial charge in [-0.05, 0) is 45.4 Å². The number of anilines is 1. The van der Waals surface area contributed by atoms with Crippen molar-refractivity contribution in [2.24, 2.45) is 0 Å². The fraction of sp³-hybridized carbons (Fsp3) is 0.278. The smallest absolute Gasteiger partial charge is 0.255 e. The van der Waals surface area contributed by atoms with Gasteiger partial charge in [0.2, 0.25) is 0 Å². The topological polar surface area (TPSA) is 59.8 Å². The van der Waals surface area contributed by atoms with Crippen LogP contribution in [0.5, 0.6) is 0 Å². The number of aromatic nitrogens is 3. The van der Waals surface area contributed by atoms with Gasteiger partial charge in [0.05, 0.1) is 18.1 Å². The fourth-order valence-corrected chi connectivity index (χ4v) is 2.57. The summed E-state index contributed by atoms with van der Waals surface area (Å²) in [7, 11) is 0. The van der Waals surface area contributed by atoms with Gasteiger partial charge in [0.1, 0.15) is 0 Å². The van der Waals surface area contributed by atoms with E-state index >= 15 is 0 Å². The zero-order valence-electron chi connectivity index (χ0n) is 13.8. The highest BCUT2D eigenvalue weighted by Gasteiger charge is 2.12. The van der Waals surface area contributed by atoms with Crippen LogP contribution in [0.25, 0.3) is 11.0 Å². The predicted molar refractivity (Wildman–Crippen MR) is 91.8 cm³/mol. The van der Waals surface area contributed by atoms with Crippen molar-refractivity contribution in [3.63, 3.8) is 0 Å². The molecule has 0 atom stereocenters. The van der Waals surface area contributed by atoms with E-state index in [1.165, 1.54) is 0 Å². The van der Waals surface area contributed by atoms with Crippen LogP contribution in [0.15, 0.2) is 36.7 Å². The number of hydrogen-bond donors (Lipinski definition) is 1. The van der Waals surface area contributed by atoms with Gasteiger partial charge >= 0.3 is 0 Å². The van der Waals surface area contributed by atoms with E-state index in [9.17, 15) is 4.79 Å². The van der Waals surface area contributed by atoms with Crippen LogP contribution in [0.3, 0.4) is 0 Å². The summed E-state index contributed by atoms with van der Waals surface area (Å²) in [5.74, 6) is -0.122. The molecule has 23 heavy (non-hydrogen) atoms. The van der Waals surface area contributed by atoms with Gasteiger partial charge in [-0.1, -0.05) is 17.7 Å². The van der Waals surface area contributed by atoms with E-state index in [-0.39, 0.29) is 11.9 Å².